The first-order chi connectivity index (χ1) is 20.9. The van der Waals surface area contributed by atoms with E-state index in [0.717, 1.165) is 30.4 Å². The molecule has 0 radical (unpaired) electrons. The lowest BCUT2D eigenvalue weighted by atomic mass is 10.0. The van der Waals surface area contributed by atoms with Gasteiger partial charge in [0.05, 0.1) is 18.1 Å². The molecule has 3 aromatic rings. The number of carbonyl (C=O) groups excluding carboxylic acids is 2. The van der Waals surface area contributed by atoms with Crippen LogP contribution in [-0.2, 0) is 37.3 Å². The van der Waals surface area contributed by atoms with Crippen LogP contribution in [0.5, 0.6) is 5.75 Å². The second-order valence-corrected chi connectivity index (χ2v) is 12.4. The number of nitrogens with one attached hydrogen (secondary N) is 1. The molecule has 0 spiro atoms. The molecule has 3 aromatic carbocycles. The molecule has 0 aliphatic carbocycles. The average Bonchev–Trinajstić information content (AvgIpc) is 3.05. The Bertz CT molecular complexity index is 1400. The zero-order valence-electron chi connectivity index (χ0n) is 24.7. The van der Waals surface area contributed by atoms with Gasteiger partial charge in [-0.1, -0.05) is 80.4 Å². The second-order valence-electron chi connectivity index (χ2n) is 10.5. The highest BCUT2D eigenvalue weighted by atomic mass is 32.2. The van der Waals surface area contributed by atoms with Crippen molar-refractivity contribution in [1.29, 1.82) is 0 Å². The highest BCUT2D eigenvalue weighted by Crippen LogP contribution is 2.21. The Morgan fingerprint density at radius 1 is 0.907 bits per heavy atom. The van der Waals surface area contributed by atoms with E-state index in [4.69, 9.17) is 9.47 Å². The quantitative estimate of drug-likeness (QED) is 0.262. The summed E-state index contributed by atoms with van der Waals surface area (Å²) in [6, 6.07) is 24.5. The van der Waals surface area contributed by atoms with Crippen molar-refractivity contribution in [1.82, 2.24) is 14.5 Å². The zero-order valence-corrected chi connectivity index (χ0v) is 25.5. The van der Waals surface area contributed by atoms with E-state index in [-0.39, 0.29) is 29.9 Å². The molecule has 43 heavy (non-hydrogen) atoms. The van der Waals surface area contributed by atoms with Crippen molar-refractivity contribution in [2.75, 3.05) is 39.5 Å². The number of ether oxygens (including phenoxy) is 2. The van der Waals surface area contributed by atoms with Gasteiger partial charge < -0.3 is 19.7 Å². The highest BCUT2D eigenvalue weighted by Gasteiger charge is 2.31. The predicted molar refractivity (Wildman–Crippen MR) is 165 cm³/mol. The van der Waals surface area contributed by atoms with E-state index < -0.39 is 16.1 Å². The number of hydrogen-bond acceptors (Lipinski definition) is 6. The first kappa shape index (κ1) is 32.2. The predicted octanol–water partition coefficient (Wildman–Crippen LogP) is 4.03. The first-order valence-corrected chi connectivity index (χ1v) is 16.3. The SMILES string of the molecule is CCCCCNC(=O)[C@H](Cc1ccccc1)N(Cc1ccccc1)C(=O)COc1ccc(S(=O)(=O)N2CCOCC2)cc1. The Balaban J connectivity index is 1.51. The van der Waals surface area contributed by atoms with E-state index in [1.54, 1.807) is 17.0 Å². The van der Waals surface area contributed by atoms with Crippen molar-refractivity contribution in [3.05, 3.63) is 96.1 Å². The molecule has 10 heteroatoms. The van der Waals surface area contributed by atoms with Gasteiger partial charge in [0, 0.05) is 32.6 Å². The van der Waals surface area contributed by atoms with Crippen LogP contribution in [0, 0.1) is 0 Å². The second kappa shape index (κ2) is 16.2. The summed E-state index contributed by atoms with van der Waals surface area (Å²) in [7, 11) is -3.64. The van der Waals surface area contributed by atoms with Crippen molar-refractivity contribution in [3.63, 3.8) is 0 Å². The average molecular weight is 608 g/mol. The highest BCUT2D eigenvalue weighted by molar-refractivity contribution is 7.89. The van der Waals surface area contributed by atoms with E-state index in [9.17, 15) is 18.0 Å². The van der Waals surface area contributed by atoms with Crippen molar-refractivity contribution < 1.29 is 27.5 Å². The minimum atomic E-state index is -3.64. The molecule has 1 N–H and O–H groups in total. The minimum Gasteiger partial charge on any atom is -0.484 e. The van der Waals surface area contributed by atoms with Gasteiger partial charge in [0.2, 0.25) is 15.9 Å². The van der Waals surface area contributed by atoms with Gasteiger partial charge in [0.15, 0.2) is 6.61 Å². The van der Waals surface area contributed by atoms with Gasteiger partial charge in [-0.15, -0.1) is 0 Å². The lowest BCUT2D eigenvalue weighted by molar-refractivity contribution is -0.142. The largest absolute Gasteiger partial charge is 0.484 e. The van der Waals surface area contributed by atoms with Gasteiger partial charge in [-0.2, -0.15) is 4.31 Å². The maximum atomic E-state index is 13.8. The van der Waals surface area contributed by atoms with Crippen LogP contribution >= 0.6 is 0 Å². The topological polar surface area (TPSA) is 105 Å². The molecule has 1 heterocycles. The molecule has 4 rings (SSSR count). The third-order valence-electron chi connectivity index (χ3n) is 7.34. The van der Waals surface area contributed by atoms with E-state index in [2.05, 4.69) is 12.2 Å². The number of hydrogen-bond donors (Lipinski definition) is 1. The van der Waals surface area contributed by atoms with Crippen LogP contribution in [-0.4, -0.2) is 74.9 Å². The van der Waals surface area contributed by atoms with Gasteiger partial charge >= 0.3 is 0 Å². The summed E-state index contributed by atoms with van der Waals surface area (Å²) >= 11 is 0. The number of nitrogens with zero attached hydrogens (tertiary/aromatic N) is 2. The van der Waals surface area contributed by atoms with Crippen LogP contribution in [0.1, 0.15) is 37.3 Å². The van der Waals surface area contributed by atoms with Crippen LogP contribution < -0.4 is 10.1 Å². The van der Waals surface area contributed by atoms with E-state index in [1.807, 2.05) is 60.7 Å². The van der Waals surface area contributed by atoms with Gasteiger partial charge in [-0.25, -0.2) is 8.42 Å². The summed E-state index contributed by atoms with van der Waals surface area (Å²) in [6.45, 7) is 3.92. The number of sulfonamides is 1. The number of unbranched alkanes of at least 4 members (excludes halogenated alkanes) is 2. The van der Waals surface area contributed by atoms with Crippen LogP contribution in [0.2, 0.25) is 0 Å². The number of amides is 2. The molecule has 1 aliphatic heterocycles. The molecule has 1 fully saturated rings. The summed E-state index contributed by atoms with van der Waals surface area (Å²) in [4.78, 5) is 29.1. The Hall–Kier alpha value is -3.73. The fraction of sp³-hybridized carbons (Fsp3) is 0.394. The van der Waals surface area contributed by atoms with Crippen molar-refractivity contribution in [3.8, 4) is 5.75 Å². The lowest BCUT2D eigenvalue weighted by Gasteiger charge is -2.31. The molecule has 0 saturated carbocycles. The third-order valence-corrected chi connectivity index (χ3v) is 9.25. The summed E-state index contributed by atoms with van der Waals surface area (Å²) in [5, 5.41) is 3.04. The monoisotopic (exact) mass is 607 g/mol. The van der Waals surface area contributed by atoms with Crippen molar-refractivity contribution in [2.45, 2.75) is 50.1 Å². The maximum Gasteiger partial charge on any atom is 0.261 e. The van der Waals surface area contributed by atoms with Gasteiger partial charge in [0.25, 0.3) is 5.91 Å². The van der Waals surface area contributed by atoms with Gasteiger partial charge in [-0.05, 0) is 41.8 Å². The standard InChI is InChI=1S/C33H41N3O6S/c1-2-3-10-19-34-33(38)31(24-27-11-6-4-7-12-27)36(25-28-13-8-5-9-14-28)32(37)26-42-29-15-17-30(18-16-29)43(39,40)35-20-22-41-23-21-35/h4-9,11-18,31H,2-3,10,19-26H2,1H3,(H,34,38)/t31-/m0/s1. The molecule has 0 aromatic heterocycles. The summed E-state index contributed by atoms with van der Waals surface area (Å²) < 4.78 is 38.4. The van der Waals surface area contributed by atoms with Gasteiger partial charge in [-0.3, -0.25) is 9.59 Å². The molecule has 1 atom stereocenters. The van der Waals surface area contributed by atoms with Crippen LogP contribution in [0.15, 0.2) is 89.8 Å². The fourth-order valence-electron chi connectivity index (χ4n) is 4.91. The molecule has 1 aliphatic rings. The Labute approximate surface area is 254 Å². The Kier molecular flexibility index (Phi) is 12.1. The fourth-order valence-corrected chi connectivity index (χ4v) is 6.32. The molecule has 230 valence electrons. The molecular weight excluding hydrogens is 566 g/mol. The number of carbonyl (C=O) groups is 2. The maximum absolute atomic E-state index is 13.8. The normalized spacial score (nSPS) is 14.5. The number of rotatable bonds is 15. The zero-order chi connectivity index (χ0) is 30.5. The number of morpholine rings is 1. The van der Waals surface area contributed by atoms with Crippen LogP contribution in [0.4, 0.5) is 0 Å². The van der Waals surface area contributed by atoms with Crippen LogP contribution in [0.3, 0.4) is 0 Å². The summed E-state index contributed by atoms with van der Waals surface area (Å²) in [6.07, 6.45) is 3.27. The Morgan fingerprint density at radius 3 is 2.16 bits per heavy atom. The smallest absolute Gasteiger partial charge is 0.261 e. The molecule has 9 nitrogen and oxygen atoms in total. The first-order valence-electron chi connectivity index (χ1n) is 14.8. The van der Waals surface area contributed by atoms with Gasteiger partial charge in [0.1, 0.15) is 11.8 Å². The van der Waals surface area contributed by atoms with Crippen LogP contribution in [0.25, 0.3) is 0 Å². The summed E-state index contributed by atoms with van der Waals surface area (Å²) in [5.41, 5.74) is 1.84. The van der Waals surface area contributed by atoms with Crippen molar-refractivity contribution >= 4 is 21.8 Å². The van der Waals surface area contributed by atoms with Crippen molar-refractivity contribution in [2.24, 2.45) is 0 Å². The number of benzene rings is 3. The Morgan fingerprint density at radius 2 is 1.53 bits per heavy atom. The van der Waals surface area contributed by atoms with E-state index in [0.29, 0.717) is 45.0 Å². The summed E-state index contributed by atoms with van der Waals surface area (Å²) in [5.74, 6) is -0.196. The van der Waals surface area contributed by atoms with E-state index in [1.165, 1.54) is 16.4 Å². The van der Waals surface area contributed by atoms with E-state index >= 15 is 0 Å². The minimum absolute atomic E-state index is 0.154. The molecule has 0 bridgehead atoms. The molecule has 2 amide bonds. The third kappa shape index (κ3) is 9.38. The lowest BCUT2D eigenvalue weighted by Crippen LogP contribution is -2.51. The molecular formula is C33H41N3O6S. The molecule has 0 unspecified atom stereocenters. The molecule has 1 saturated heterocycles.